The van der Waals surface area contributed by atoms with Crippen molar-refractivity contribution in [2.75, 3.05) is 0 Å². The summed E-state index contributed by atoms with van der Waals surface area (Å²) in [6.07, 6.45) is -5.01. The van der Waals surface area contributed by atoms with Crippen LogP contribution in [0.1, 0.15) is 28.6 Å². The van der Waals surface area contributed by atoms with E-state index >= 15 is 0 Å². The highest BCUT2D eigenvalue weighted by atomic mass is 32.1. The molecule has 194 valence electrons. The Kier molecular flexibility index (Phi) is 7.76. The van der Waals surface area contributed by atoms with Crippen LogP contribution in [0.4, 0.5) is 26.3 Å². The first kappa shape index (κ1) is 26.5. The Labute approximate surface area is 210 Å². The highest BCUT2D eigenvalue weighted by Crippen LogP contribution is 2.33. The van der Waals surface area contributed by atoms with Crippen LogP contribution in [-0.2, 0) is 16.1 Å². The van der Waals surface area contributed by atoms with Crippen molar-refractivity contribution in [1.29, 1.82) is 0 Å². The molecule has 0 radical (unpaired) electrons. The van der Waals surface area contributed by atoms with Crippen molar-refractivity contribution in [3.05, 3.63) is 83.0 Å². The molecule has 0 saturated heterocycles. The number of carbonyl (C=O) groups excluding carboxylic acids is 1. The average molecular weight is 540 g/mol. The Morgan fingerprint density at radius 3 is 2.43 bits per heavy atom. The van der Waals surface area contributed by atoms with Crippen LogP contribution in [-0.4, -0.2) is 28.2 Å². The Morgan fingerprint density at radius 2 is 1.76 bits per heavy atom. The number of nitrogens with one attached hydrogen (secondary N) is 1. The average Bonchev–Trinajstić information content (AvgIpc) is 3.33. The van der Waals surface area contributed by atoms with E-state index in [1.807, 2.05) is 0 Å². The third-order valence-corrected chi connectivity index (χ3v) is 6.53. The lowest BCUT2D eigenvalue weighted by molar-refractivity contribution is -0.209. The fourth-order valence-corrected chi connectivity index (χ4v) is 4.55. The molecule has 0 aliphatic heterocycles. The maximum absolute atomic E-state index is 13.5. The molecule has 1 unspecified atom stereocenters. The maximum atomic E-state index is 13.5. The van der Waals surface area contributed by atoms with E-state index in [0.29, 0.717) is 26.8 Å². The van der Waals surface area contributed by atoms with Gasteiger partial charge in [-0.05, 0) is 29.0 Å². The van der Waals surface area contributed by atoms with Crippen LogP contribution < -0.4 is 11.2 Å². The number of pyridine rings is 1. The normalized spacial score (nSPS) is 13.6. The van der Waals surface area contributed by atoms with E-state index in [0.717, 1.165) is 11.3 Å². The second-order valence-electron chi connectivity index (χ2n) is 8.02. The molecule has 37 heavy (non-hydrogen) atoms. The molecule has 0 aliphatic carbocycles. The summed E-state index contributed by atoms with van der Waals surface area (Å²) in [5, 5.41) is 1.49. The van der Waals surface area contributed by atoms with Gasteiger partial charge >= 0.3 is 12.1 Å². The predicted octanol–water partition coefficient (Wildman–Crippen LogP) is 5.66. The number of nitrogens with zero attached hydrogens (tertiary/aromatic N) is 2. The van der Waals surface area contributed by atoms with Crippen molar-refractivity contribution in [3.63, 3.8) is 0 Å². The van der Waals surface area contributed by atoms with Crippen LogP contribution in [0.15, 0.2) is 60.9 Å². The van der Waals surface area contributed by atoms with E-state index in [-0.39, 0.29) is 17.0 Å². The molecule has 0 saturated carbocycles. The molecule has 2 heterocycles. The summed E-state index contributed by atoms with van der Waals surface area (Å²) in [4.78, 5) is 24.0. The fourth-order valence-electron chi connectivity index (χ4n) is 3.52. The number of aromatic nitrogens is 2. The van der Waals surface area contributed by atoms with E-state index in [9.17, 15) is 31.1 Å². The van der Waals surface area contributed by atoms with Crippen LogP contribution >= 0.6 is 11.3 Å². The molecule has 0 fully saturated rings. The van der Waals surface area contributed by atoms with Gasteiger partial charge in [0.05, 0.1) is 4.88 Å². The maximum Gasteiger partial charge on any atom is 0.492 e. The van der Waals surface area contributed by atoms with Gasteiger partial charge in [0.15, 0.2) is 0 Å². The molecule has 0 spiro atoms. The van der Waals surface area contributed by atoms with Crippen LogP contribution in [0, 0.1) is 5.95 Å². The van der Waals surface area contributed by atoms with Crippen molar-refractivity contribution in [2.45, 2.75) is 31.1 Å². The van der Waals surface area contributed by atoms with Crippen molar-refractivity contribution in [3.8, 4) is 10.4 Å². The number of rotatable bonds is 8. The number of carbonyl (C=O) groups is 1. The summed E-state index contributed by atoms with van der Waals surface area (Å²) >= 11 is 1.08. The van der Waals surface area contributed by atoms with E-state index in [4.69, 9.17) is 5.73 Å². The highest BCUT2D eigenvalue weighted by Gasteiger charge is 2.42. The van der Waals surface area contributed by atoms with E-state index in [2.05, 4.69) is 20.3 Å². The van der Waals surface area contributed by atoms with Crippen molar-refractivity contribution in [1.82, 2.24) is 15.4 Å². The molecule has 0 aliphatic rings. The summed E-state index contributed by atoms with van der Waals surface area (Å²) in [6.45, 7) is 0. The second kappa shape index (κ2) is 10.8. The Balaban J connectivity index is 1.60. The number of thiazole rings is 1. The zero-order chi connectivity index (χ0) is 26.7. The van der Waals surface area contributed by atoms with Gasteiger partial charge in [-0.15, -0.1) is 16.8 Å². The van der Waals surface area contributed by atoms with Gasteiger partial charge in [0.1, 0.15) is 11.0 Å². The minimum atomic E-state index is -5.24. The number of nitrogens with two attached hydrogens (primary N) is 1. The van der Waals surface area contributed by atoms with Crippen molar-refractivity contribution < 1.29 is 36.0 Å². The fraction of sp³-hybridized carbons (Fsp3) is 0.208. The van der Waals surface area contributed by atoms with Gasteiger partial charge < -0.3 is 10.6 Å². The Hall–Kier alpha value is -3.55. The summed E-state index contributed by atoms with van der Waals surface area (Å²) in [5.41, 5.74) is 9.32. The number of halogens is 6. The van der Waals surface area contributed by atoms with Gasteiger partial charge in [0.2, 0.25) is 5.95 Å². The largest absolute Gasteiger partial charge is 0.492 e. The third-order valence-electron chi connectivity index (χ3n) is 5.40. The molecule has 13 heteroatoms. The smallest absolute Gasteiger partial charge is 0.363 e. The second-order valence-corrected chi connectivity index (χ2v) is 9.09. The van der Waals surface area contributed by atoms with Gasteiger partial charge in [-0.3, -0.25) is 0 Å². The molecule has 6 nitrogen and oxygen atoms in total. The summed E-state index contributed by atoms with van der Waals surface area (Å²) in [5.74, 6) is -3.12. The topological polar surface area (TPSA) is 90.1 Å². The molecule has 0 amide bonds. The number of alkyl halides is 5. The number of hydrogen-bond acceptors (Lipinski definition) is 7. The molecule has 4 rings (SSSR count). The third kappa shape index (κ3) is 6.42. The van der Waals surface area contributed by atoms with E-state index < -0.39 is 36.6 Å². The van der Waals surface area contributed by atoms with Gasteiger partial charge in [-0.1, -0.05) is 36.4 Å². The van der Waals surface area contributed by atoms with Crippen LogP contribution in [0.5, 0.6) is 0 Å². The predicted molar refractivity (Wildman–Crippen MR) is 124 cm³/mol. The Bertz CT molecular complexity index is 1390. The van der Waals surface area contributed by atoms with Crippen LogP contribution in [0.2, 0.25) is 0 Å². The minimum Gasteiger partial charge on any atom is -0.363 e. The van der Waals surface area contributed by atoms with Gasteiger partial charge in [0.25, 0.3) is 6.43 Å². The number of hydroxylamine groups is 1. The quantitative estimate of drug-likeness (QED) is 0.170. The minimum absolute atomic E-state index is 0.0436. The lowest BCUT2D eigenvalue weighted by Crippen LogP contribution is -2.42. The zero-order valence-corrected chi connectivity index (χ0v) is 19.5. The number of fused-ring (bicyclic) bond motifs is 1. The first-order valence-electron chi connectivity index (χ1n) is 10.7. The molecule has 2 aromatic heterocycles. The summed E-state index contributed by atoms with van der Waals surface area (Å²) in [6, 6.07) is 9.60. The number of benzene rings is 2. The standard InChI is InChI=1S/C24H18F6N4O2S/c25-19-9-16-8-14(5-6-15(16)10-32-19)18-11-33-22(37-18)20(34-36-23(35)24(28,29)30)17(31)7-12-1-3-13(4-2-12)21(26)27/h1-6,8-11,17,20-21,34H,7,31H2/t17-,20?/m0/s1. The summed E-state index contributed by atoms with van der Waals surface area (Å²) < 4.78 is 77.2. The summed E-state index contributed by atoms with van der Waals surface area (Å²) in [7, 11) is 0. The van der Waals surface area contributed by atoms with Crippen LogP contribution in [0.25, 0.3) is 21.2 Å². The first-order valence-corrected chi connectivity index (χ1v) is 11.5. The Morgan fingerprint density at radius 1 is 1.03 bits per heavy atom. The lowest BCUT2D eigenvalue weighted by atomic mass is 10.00. The SMILES string of the molecule is N[C@@H](Cc1ccc(C(F)F)cc1)C(NOC(=O)C(F)(F)F)c1ncc(-c2ccc3cnc(F)cc3c2)s1. The molecule has 2 aromatic carbocycles. The molecule has 4 aromatic rings. The van der Waals surface area contributed by atoms with E-state index in [1.54, 1.807) is 18.2 Å². The van der Waals surface area contributed by atoms with Crippen LogP contribution in [0.3, 0.4) is 0 Å². The molecule has 2 atom stereocenters. The van der Waals surface area contributed by atoms with Gasteiger partial charge in [-0.25, -0.2) is 23.5 Å². The molecular weight excluding hydrogens is 522 g/mol. The van der Waals surface area contributed by atoms with Crippen molar-refractivity contribution in [2.24, 2.45) is 5.73 Å². The molecule has 3 N–H and O–H groups in total. The van der Waals surface area contributed by atoms with Gasteiger partial charge in [0, 0.05) is 35.5 Å². The lowest BCUT2D eigenvalue weighted by Gasteiger charge is -2.23. The van der Waals surface area contributed by atoms with Gasteiger partial charge in [-0.2, -0.15) is 17.6 Å². The van der Waals surface area contributed by atoms with Crippen molar-refractivity contribution >= 4 is 28.1 Å². The monoisotopic (exact) mass is 540 g/mol. The van der Waals surface area contributed by atoms with E-state index in [1.165, 1.54) is 42.7 Å². The molecular formula is C24H18F6N4O2S. The molecule has 0 bridgehead atoms. The highest BCUT2D eigenvalue weighted by molar-refractivity contribution is 7.15. The first-order chi connectivity index (χ1) is 17.5. The number of hydrogen-bond donors (Lipinski definition) is 2. The zero-order valence-electron chi connectivity index (χ0n) is 18.7.